The second kappa shape index (κ2) is 3.96. The summed E-state index contributed by atoms with van der Waals surface area (Å²) in [6, 6.07) is 9.98. The van der Waals surface area contributed by atoms with Crippen molar-refractivity contribution in [2.45, 2.75) is 0 Å². The van der Waals surface area contributed by atoms with Crippen molar-refractivity contribution in [3.8, 4) is 11.4 Å². The van der Waals surface area contributed by atoms with Crippen LogP contribution in [0.25, 0.3) is 23.5 Å². The summed E-state index contributed by atoms with van der Waals surface area (Å²) in [5.41, 5.74) is 2.81. The first-order valence-electron chi connectivity index (χ1n) is 4.75. The first kappa shape index (κ1) is 9.46. The quantitative estimate of drug-likeness (QED) is 0.801. The Hall–Kier alpha value is -2.09. The molecular formula is C13H12N2. The highest BCUT2D eigenvalue weighted by atomic mass is 14.9. The number of hydrogen-bond donors (Lipinski definition) is 1. The predicted octanol–water partition coefficient (Wildman–Crippen LogP) is 3.36. The fourth-order valence-corrected chi connectivity index (χ4v) is 1.44. The Morgan fingerprint density at radius 3 is 2.33 bits per heavy atom. The van der Waals surface area contributed by atoms with E-state index in [1.807, 2.05) is 30.3 Å². The minimum absolute atomic E-state index is 0.837. The number of hydrogen-bond acceptors (Lipinski definition) is 1. The van der Waals surface area contributed by atoms with Crippen molar-refractivity contribution in [3.63, 3.8) is 0 Å². The minimum Gasteiger partial charge on any atom is -0.338 e. The van der Waals surface area contributed by atoms with Gasteiger partial charge >= 0.3 is 0 Å². The molecule has 1 heterocycles. The van der Waals surface area contributed by atoms with Gasteiger partial charge in [0.05, 0.1) is 11.4 Å². The Labute approximate surface area is 89.0 Å². The van der Waals surface area contributed by atoms with Crippen LogP contribution < -0.4 is 0 Å². The second-order valence-electron chi connectivity index (χ2n) is 3.16. The lowest BCUT2D eigenvalue weighted by Crippen LogP contribution is -1.78. The van der Waals surface area contributed by atoms with Crippen molar-refractivity contribution < 1.29 is 0 Å². The van der Waals surface area contributed by atoms with Gasteiger partial charge in [-0.05, 0) is 12.2 Å². The molecular weight excluding hydrogens is 184 g/mol. The number of imidazole rings is 1. The monoisotopic (exact) mass is 196 g/mol. The lowest BCUT2D eigenvalue weighted by Gasteiger charge is -1.93. The minimum atomic E-state index is 0.837. The van der Waals surface area contributed by atoms with Crippen molar-refractivity contribution in [2.24, 2.45) is 0 Å². The maximum atomic E-state index is 4.42. The Bertz CT molecular complexity index is 455. The summed E-state index contributed by atoms with van der Waals surface area (Å²) in [7, 11) is 0. The van der Waals surface area contributed by atoms with E-state index in [0.29, 0.717) is 0 Å². The van der Waals surface area contributed by atoms with Crippen LogP contribution in [0.4, 0.5) is 0 Å². The topological polar surface area (TPSA) is 28.7 Å². The lowest BCUT2D eigenvalue weighted by atomic mass is 10.2. The van der Waals surface area contributed by atoms with Crippen LogP contribution in [-0.2, 0) is 0 Å². The van der Waals surface area contributed by atoms with E-state index >= 15 is 0 Å². The Morgan fingerprint density at radius 1 is 1.07 bits per heavy atom. The number of benzene rings is 1. The molecule has 0 amide bonds. The van der Waals surface area contributed by atoms with Gasteiger partial charge in [0.15, 0.2) is 0 Å². The molecule has 2 nitrogen and oxygen atoms in total. The SMILES string of the molecule is C=Cc1nc(-c2ccccc2)[nH]c1C=C. The van der Waals surface area contributed by atoms with E-state index < -0.39 is 0 Å². The van der Waals surface area contributed by atoms with Crippen LogP contribution in [0.5, 0.6) is 0 Å². The van der Waals surface area contributed by atoms with Crippen LogP contribution in [0.2, 0.25) is 0 Å². The standard InChI is InChI=1S/C13H12N2/c1-3-11-12(4-2)15-13(14-11)10-8-6-5-7-9-10/h3-9H,1-2H2,(H,14,15). The maximum absolute atomic E-state index is 4.42. The van der Waals surface area contributed by atoms with Gasteiger partial charge in [-0.1, -0.05) is 43.5 Å². The molecule has 0 bridgehead atoms. The molecule has 2 rings (SSSR count). The van der Waals surface area contributed by atoms with E-state index in [2.05, 4.69) is 23.1 Å². The average Bonchev–Trinajstić information content (AvgIpc) is 2.73. The van der Waals surface area contributed by atoms with Crippen molar-refractivity contribution in [2.75, 3.05) is 0 Å². The average molecular weight is 196 g/mol. The molecule has 0 radical (unpaired) electrons. The van der Waals surface area contributed by atoms with Gasteiger partial charge in [-0.2, -0.15) is 0 Å². The van der Waals surface area contributed by atoms with Crippen molar-refractivity contribution in [1.82, 2.24) is 9.97 Å². The summed E-state index contributed by atoms with van der Waals surface area (Å²) in [5, 5.41) is 0. The van der Waals surface area contributed by atoms with Gasteiger partial charge in [-0.25, -0.2) is 4.98 Å². The van der Waals surface area contributed by atoms with Gasteiger partial charge in [0.1, 0.15) is 5.82 Å². The van der Waals surface area contributed by atoms with E-state index in [-0.39, 0.29) is 0 Å². The molecule has 0 saturated carbocycles. The van der Waals surface area contributed by atoms with Gasteiger partial charge in [-0.3, -0.25) is 0 Å². The first-order valence-corrected chi connectivity index (χ1v) is 4.75. The molecule has 0 saturated heterocycles. The summed E-state index contributed by atoms with van der Waals surface area (Å²) in [4.78, 5) is 7.62. The Morgan fingerprint density at radius 2 is 1.80 bits per heavy atom. The predicted molar refractivity (Wildman–Crippen MR) is 64.2 cm³/mol. The van der Waals surface area contributed by atoms with E-state index in [0.717, 1.165) is 22.8 Å². The summed E-state index contributed by atoms with van der Waals surface area (Å²) < 4.78 is 0. The van der Waals surface area contributed by atoms with Crippen LogP contribution in [-0.4, -0.2) is 9.97 Å². The molecule has 0 aliphatic rings. The van der Waals surface area contributed by atoms with E-state index in [1.165, 1.54) is 0 Å². The fourth-order valence-electron chi connectivity index (χ4n) is 1.44. The zero-order valence-corrected chi connectivity index (χ0v) is 8.40. The maximum Gasteiger partial charge on any atom is 0.138 e. The summed E-state index contributed by atoms with van der Waals surface area (Å²) in [5.74, 6) is 0.848. The number of aromatic amines is 1. The van der Waals surface area contributed by atoms with Crippen LogP contribution in [0.3, 0.4) is 0 Å². The third kappa shape index (κ3) is 1.74. The van der Waals surface area contributed by atoms with Crippen LogP contribution in [0.1, 0.15) is 11.4 Å². The number of aromatic nitrogens is 2. The molecule has 1 aromatic carbocycles. The highest BCUT2D eigenvalue weighted by molar-refractivity contribution is 5.64. The van der Waals surface area contributed by atoms with E-state index in [4.69, 9.17) is 0 Å². The van der Waals surface area contributed by atoms with Crippen molar-refractivity contribution >= 4 is 12.2 Å². The van der Waals surface area contributed by atoms with E-state index in [1.54, 1.807) is 12.2 Å². The lowest BCUT2D eigenvalue weighted by molar-refractivity contribution is 1.30. The first-order chi connectivity index (χ1) is 7.35. The summed E-state index contributed by atoms with van der Waals surface area (Å²) in [6.07, 6.45) is 3.47. The van der Waals surface area contributed by atoms with Crippen LogP contribution >= 0.6 is 0 Å². The molecule has 15 heavy (non-hydrogen) atoms. The van der Waals surface area contributed by atoms with Crippen molar-refractivity contribution in [3.05, 3.63) is 54.9 Å². The van der Waals surface area contributed by atoms with E-state index in [9.17, 15) is 0 Å². The smallest absolute Gasteiger partial charge is 0.138 e. The molecule has 0 aliphatic carbocycles. The molecule has 0 aliphatic heterocycles. The highest BCUT2D eigenvalue weighted by Gasteiger charge is 2.05. The van der Waals surface area contributed by atoms with Crippen molar-refractivity contribution in [1.29, 1.82) is 0 Å². The Balaban J connectivity index is 2.51. The number of nitrogens with zero attached hydrogens (tertiary/aromatic N) is 1. The molecule has 2 aromatic rings. The third-order valence-electron chi connectivity index (χ3n) is 2.21. The number of nitrogens with one attached hydrogen (secondary N) is 1. The molecule has 0 spiro atoms. The summed E-state index contributed by atoms with van der Waals surface area (Å²) in [6.45, 7) is 7.44. The second-order valence-corrected chi connectivity index (χ2v) is 3.16. The fraction of sp³-hybridized carbons (Fsp3) is 0. The molecule has 1 aromatic heterocycles. The molecule has 0 atom stereocenters. The highest BCUT2D eigenvalue weighted by Crippen LogP contribution is 2.18. The molecule has 74 valence electrons. The van der Waals surface area contributed by atoms with Gasteiger partial charge in [0.25, 0.3) is 0 Å². The van der Waals surface area contributed by atoms with Gasteiger partial charge in [0.2, 0.25) is 0 Å². The Kier molecular flexibility index (Phi) is 2.50. The largest absolute Gasteiger partial charge is 0.338 e. The molecule has 2 heteroatoms. The van der Waals surface area contributed by atoms with Gasteiger partial charge in [-0.15, -0.1) is 0 Å². The molecule has 0 fully saturated rings. The summed E-state index contributed by atoms with van der Waals surface area (Å²) >= 11 is 0. The van der Waals surface area contributed by atoms with Gasteiger partial charge < -0.3 is 4.98 Å². The molecule has 0 unspecified atom stereocenters. The molecule has 1 N–H and O–H groups in total. The van der Waals surface area contributed by atoms with Crippen LogP contribution in [0, 0.1) is 0 Å². The number of H-pyrrole nitrogens is 1. The third-order valence-corrected chi connectivity index (χ3v) is 2.21. The van der Waals surface area contributed by atoms with Crippen LogP contribution in [0.15, 0.2) is 43.5 Å². The number of rotatable bonds is 3. The normalized spacial score (nSPS) is 9.87. The zero-order chi connectivity index (χ0) is 10.7. The van der Waals surface area contributed by atoms with Gasteiger partial charge in [0, 0.05) is 5.56 Å². The zero-order valence-electron chi connectivity index (χ0n) is 8.40.